The number of methoxy groups -OCH3 is 1. The highest BCUT2D eigenvalue weighted by Crippen LogP contribution is 2.25. The lowest BCUT2D eigenvalue weighted by atomic mass is 9.92. The van der Waals surface area contributed by atoms with Crippen LogP contribution in [0, 0.1) is 0 Å². The summed E-state index contributed by atoms with van der Waals surface area (Å²) in [5.74, 6) is -1.28. The zero-order valence-electron chi connectivity index (χ0n) is 17.3. The zero-order valence-corrected chi connectivity index (χ0v) is 17.3. The third-order valence-corrected chi connectivity index (χ3v) is 4.93. The Balaban J connectivity index is 2.34. The first kappa shape index (κ1) is 22.6. The molecular weight excluding hydrogens is 370 g/mol. The van der Waals surface area contributed by atoms with Gasteiger partial charge in [0.2, 0.25) is 11.6 Å². The van der Waals surface area contributed by atoms with Crippen molar-refractivity contribution in [2.75, 3.05) is 7.11 Å². The number of rotatable bonds is 1. The maximum absolute atomic E-state index is 12.9. The van der Waals surface area contributed by atoms with Crippen molar-refractivity contribution >= 4 is 17.5 Å². The Bertz CT molecular complexity index is 826. The van der Waals surface area contributed by atoms with Crippen LogP contribution in [0.4, 0.5) is 0 Å². The lowest BCUT2D eigenvalue weighted by molar-refractivity contribution is -0.120. The molecule has 1 heterocycles. The third-order valence-electron chi connectivity index (χ3n) is 4.93. The fraction of sp³-hybridized carbons (Fsp3) is 0.435. The van der Waals surface area contributed by atoms with Gasteiger partial charge in [0, 0.05) is 18.1 Å². The molecule has 0 saturated heterocycles. The number of hydrogen-bond acceptors (Lipinski definition) is 5. The molecule has 1 unspecified atom stereocenters. The average Bonchev–Trinajstić information content (AvgIpc) is 2.67. The van der Waals surface area contributed by atoms with E-state index in [-0.39, 0.29) is 23.5 Å². The Labute approximate surface area is 171 Å². The van der Waals surface area contributed by atoms with E-state index in [9.17, 15) is 19.5 Å². The second-order valence-corrected chi connectivity index (χ2v) is 7.40. The molecule has 0 aromatic heterocycles. The number of carbonyl (C=O) groups is 3. The molecule has 2 bridgehead atoms. The topological polar surface area (TPSA) is 92.7 Å². The molecule has 0 aromatic rings. The number of aliphatic hydroxyl groups excluding tert-OH is 1. The number of allylic oxidation sites excluding steroid dienone is 6. The second kappa shape index (κ2) is 10.7. The van der Waals surface area contributed by atoms with Gasteiger partial charge in [-0.05, 0) is 39.5 Å². The van der Waals surface area contributed by atoms with Gasteiger partial charge in [-0.2, -0.15) is 0 Å². The molecule has 2 aliphatic rings. The molecule has 2 rings (SSSR count). The molecule has 6 nitrogen and oxygen atoms in total. The highest BCUT2D eigenvalue weighted by atomic mass is 16.5. The normalized spacial score (nSPS) is 27.5. The standard InChI is InChI=1S/C23H29NO5/c1-15-9-5-4-6-11-17(25)12-8-7-10-16(2)23(28)24-19-14-20(26)22(29-3)18(13-15)21(19)27/h7-10,14,17,25H,4-6,11-13H2,1-3H3,(H,24,28)/b8-7-,15-9+,16-10+. The average molecular weight is 399 g/mol. The molecule has 6 heteroatoms. The number of fused-ring (bicyclic) bond motifs is 2. The van der Waals surface area contributed by atoms with Crippen LogP contribution in [0.3, 0.4) is 0 Å². The van der Waals surface area contributed by atoms with Gasteiger partial charge < -0.3 is 15.2 Å². The van der Waals surface area contributed by atoms with Crippen LogP contribution in [0.2, 0.25) is 0 Å². The number of hydrogen-bond donors (Lipinski definition) is 2. The van der Waals surface area contributed by atoms with Gasteiger partial charge in [-0.25, -0.2) is 0 Å². The SMILES string of the molecule is COC1=C2C/C(C)=C/CCCCC(O)C/C=C\C=C(/C)C(=O)NC(=CC1=O)C2=O. The van der Waals surface area contributed by atoms with E-state index in [1.54, 1.807) is 19.1 Å². The first-order valence-electron chi connectivity index (χ1n) is 9.89. The zero-order chi connectivity index (χ0) is 21.4. The van der Waals surface area contributed by atoms with E-state index in [2.05, 4.69) is 5.32 Å². The maximum atomic E-state index is 12.9. The first-order valence-corrected chi connectivity index (χ1v) is 9.89. The predicted molar refractivity (Wildman–Crippen MR) is 111 cm³/mol. The van der Waals surface area contributed by atoms with Crippen molar-refractivity contribution < 1.29 is 24.2 Å². The highest BCUT2D eigenvalue weighted by Gasteiger charge is 2.30. The maximum Gasteiger partial charge on any atom is 0.251 e. The van der Waals surface area contributed by atoms with Gasteiger partial charge >= 0.3 is 0 Å². The summed E-state index contributed by atoms with van der Waals surface area (Å²) in [5.41, 5.74) is 1.54. The quantitative estimate of drug-likeness (QED) is 0.522. The van der Waals surface area contributed by atoms with Crippen molar-refractivity contribution in [3.63, 3.8) is 0 Å². The van der Waals surface area contributed by atoms with Crippen LogP contribution in [0.1, 0.15) is 52.4 Å². The molecule has 0 saturated carbocycles. The second-order valence-electron chi connectivity index (χ2n) is 7.40. The molecule has 0 radical (unpaired) electrons. The van der Waals surface area contributed by atoms with Gasteiger partial charge in [0.25, 0.3) is 5.91 Å². The van der Waals surface area contributed by atoms with Gasteiger partial charge in [0.15, 0.2) is 5.76 Å². The largest absolute Gasteiger partial charge is 0.492 e. The van der Waals surface area contributed by atoms with Gasteiger partial charge in [0.05, 0.1) is 24.5 Å². The smallest absolute Gasteiger partial charge is 0.251 e. The molecule has 1 amide bonds. The summed E-state index contributed by atoms with van der Waals surface area (Å²) in [6.45, 7) is 3.52. The van der Waals surface area contributed by atoms with E-state index in [0.29, 0.717) is 18.4 Å². The van der Waals surface area contributed by atoms with Gasteiger partial charge in [-0.15, -0.1) is 0 Å². The van der Waals surface area contributed by atoms with E-state index in [0.717, 1.165) is 30.9 Å². The molecule has 2 N–H and O–H groups in total. The highest BCUT2D eigenvalue weighted by molar-refractivity contribution is 6.23. The Morgan fingerprint density at radius 3 is 2.66 bits per heavy atom. The summed E-state index contributed by atoms with van der Waals surface area (Å²) >= 11 is 0. The number of Topliss-reactive ketones (excluding diaryl/α,β-unsaturated/α-hetero) is 1. The van der Waals surface area contributed by atoms with E-state index in [1.165, 1.54) is 7.11 Å². The van der Waals surface area contributed by atoms with Crippen molar-refractivity contribution in [2.45, 2.75) is 58.5 Å². The van der Waals surface area contributed by atoms with Gasteiger partial charge in [0.1, 0.15) is 0 Å². The van der Waals surface area contributed by atoms with Crippen LogP contribution in [0.25, 0.3) is 0 Å². The molecule has 1 atom stereocenters. The molecule has 0 fully saturated rings. The van der Waals surface area contributed by atoms with Crippen molar-refractivity contribution in [1.29, 1.82) is 0 Å². The lowest BCUT2D eigenvalue weighted by Crippen LogP contribution is -2.33. The molecule has 0 aromatic carbocycles. The lowest BCUT2D eigenvalue weighted by Gasteiger charge is -2.19. The minimum absolute atomic E-state index is 0.0217. The van der Waals surface area contributed by atoms with Crippen LogP contribution in [0.5, 0.6) is 0 Å². The number of amides is 1. The van der Waals surface area contributed by atoms with Crippen molar-refractivity contribution in [3.8, 4) is 0 Å². The van der Waals surface area contributed by atoms with Crippen LogP contribution >= 0.6 is 0 Å². The Hall–Kier alpha value is -2.73. The number of carbonyl (C=O) groups excluding carboxylic acids is 3. The minimum Gasteiger partial charge on any atom is -0.492 e. The summed E-state index contributed by atoms with van der Waals surface area (Å²) in [5, 5.41) is 12.6. The van der Waals surface area contributed by atoms with E-state index in [4.69, 9.17) is 4.74 Å². The van der Waals surface area contributed by atoms with Crippen LogP contribution in [-0.2, 0) is 19.1 Å². The molecule has 1 aliphatic carbocycles. The van der Waals surface area contributed by atoms with E-state index >= 15 is 0 Å². The van der Waals surface area contributed by atoms with Crippen molar-refractivity contribution in [3.05, 3.63) is 58.6 Å². The summed E-state index contributed by atoms with van der Waals surface area (Å²) in [4.78, 5) is 37.7. The van der Waals surface area contributed by atoms with Crippen LogP contribution < -0.4 is 5.32 Å². The summed E-state index contributed by atoms with van der Waals surface area (Å²) in [6, 6.07) is 0. The number of ether oxygens (including phenoxy) is 1. The fourth-order valence-corrected chi connectivity index (χ4v) is 3.24. The van der Waals surface area contributed by atoms with Gasteiger partial charge in [-0.1, -0.05) is 36.3 Å². The molecular formula is C23H29NO5. The minimum atomic E-state index is -0.462. The predicted octanol–water partition coefficient (Wildman–Crippen LogP) is 3.20. The number of aliphatic hydroxyl groups is 1. The molecule has 156 valence electrons. The first-order chi connectivity index (χ1) is 13.8. The summed E-state index contributed by atoms with van der Waals surface area (Å²) < 4.78 is 5.18. The number of nitrogens with one attached hydrogen (secondary N) is 1. The Morgan fingerprint density at radius 1 is 1.17 bits per heavy atom. The van der Waals surface area contributed by atoms with Gasteiger partial charge in [-0.3, -0.25) is 14.4 Å². The monoisotopic (exact) mass is 399 g/mol. The van der Waals surface area contributed by atoms with Crippen LogP contribution in [-0.4, -0.2) is 35.8 Å². The van der Waals surface area contributed by atoms with Crippen LogP contribution in [0.15, 0.2) is 58.6 Å². The fourth-order valence-electron chi connectivity index (χ4n) is 3.24. The molecule has 0 spiro atoms. The van der Waals surface area contributed by atoms with Crippen molar-refractivity contribution in [2.24, 2.45) is 0 Å². The van der Waals surface area contributed by atoms with E-state index < -0.39 is 23.6 Å². The Morgan fingerprint density at radius 2 is 1.93 bits per heavy atom. The van der Waals surface area contributed by atoms with E-state index in [1.807, 2.05) is 19.1 Å². The van der Waals surface area contributed by atoms with Crippen molar-refractivity contribution in [1.82, 2.24) is 5.32 Å². The summed E-state index contributed by atoms with van der Waals surface area (Å²) in [6.07, 6.45) is 12.1. The third kappa shape index (κ3) is 6.39. The summed E-state index contributed by atoms with van der Waals surface area (Å²) in [7, 11) is 1.36. The molecule has 29 heavy (non-hydrogen) atoms. The Kier molecular flexibility index (Phi) is 8.34. The molecule has 1 aliphatic heterocycles. The number of ketones is 2.